The van der Waals surface area contributed by atoms with E-state index in [2.05, 4.69) is 15.9 Å². The second-order valence-electron chi connectivity index (χ2n) is 5.28. The van der Waals surface area contributed by atoms with Crippen LogP contribution in [0.3, 0.4) is 0 Å². The van der Waals surface area contributed by atoms with Crippen LogP contribution in [-0.4, -0.2) is 18.2 Å². The molecule has 1 aromatic rings. The molecular weight excluding hydrogens is 299 g/mol. The summed E-state index contributed by atoms with van der Waals surface area (Å²) in [5, 5.41) is 7.97. The first-order chi connectivity index (χ1) is 8.29. The topological polar surface area (TPSA) is 36.3 Å². The summed E-state index contributed by atoms with van der Waals surface area (Å²) in [7, 11) is 0. The summed E-state index contributed by atoms with van der Waals surface area (Å²) in [6, 6.07) is 3.55. The number of hydrogen-bond donors (Lipinski definition) is 1. The monoisotopic (exact) mass is 314 g/mol. The first kappa shape index (κ1) is 13.3. The summed E-state index contributed by atoms with van der Waals surface area (Å²) < 4.78 is 19.9. The van der Waals surface area contributed by atoms with Crippen molar-refractivity contribution in [2.45, 2.75) is 32.8 Å². The SMILES string of the molecule is CC(C)(C)OC(=N)N1CCc2c1ccc(Br)c2F. The van der Waals surface area contributed by atoms with Gasteiger partial charge in [0.2, 0.25) is 0 Å². The summed E-state index contributed by atoms with van der Waals surface area (Å²) in [6.07, 6.45) is 0.594. The highest BCUT2D eigenvalue weighted by atomic mass is 79.9. The van der Waals surface area contributed by atoms with Crippen LogP contribution in [0.4, 0.5) is 10.1 Å². The van der Waals surface area contributed by atoms with Crippen LogP contribution < -0.4 is 4.90 Å². The highest BCUT2D eigenvalue weighted by molar-refractivity contribution is 9.10. The van der Waals surface area contributed by atoms with Crippen LogP contribution in [0.25, 0.3) is 0 Å². The van der Waals surface area contributed by atoms with Gasteiger partial charge in [-0.25, -0.2) is 4.39 Å². The maximum atomic E-state index is 13.9. The standard InChI is InChI=1S/C13H16BrFN2O/c1-13(2,3)18-12(16)17-7-6-8-10(17)5-4-9(14)11(8)15/h4-5,16H,6-7H2,1-3H3. The van der Waals surface area contributed by atoms with Crippen molar-refractivity contribution >= 4 is 27.6 Å². The first-order valence-electron chi connectivity index (χ1n) is 5.81. The van der Waals surface area contributed by atoms with Gasteiger partial charge in [0.05, 0.1) is 10.2 Å². The molecule has 0 unspecified atom stereocenters. The first-order valence-corrected chi connectivity index (χ1v) is 6.61. The van der Waals surface area contributed by atoms with Crippen molar-refractivity contribution in [2.75, 3.05) is 11.4 Å². The summed E-state index contributed by atoms with van der Waals surface area (Å²) in [5.74, 6) is -0.237. The number of hydrogen-bond acceptors (Lipinski definition) is 2. The van der Waals surface area contributed by atoms with E-state index in [0.717, 1.165) is 5.69 Å². The van der Waals surface area contributed by atoms with Crippen LogP contribution in [0.15, 0.2) is 16.6 Å². The lowest BCUT2D eigenvalue weighted by atomic mass is 10.1. The molecule has 0 fully saturated rings. The van der Waals surface area contributed by atoms with Crippen molar-refractivity contribution in [3.8, 4) is 0 Å². The molecule has 1 heterocycles. The van der Waals surface area contributed by atoms with Gasteiger partial charge in [0, 0.05) is 12.1 Å². The molecule has 1 aliphatic heterocycles. The second kappa shape index (κ2) is 4.53. The van der Waals surface area contributed by atoms with Crippen molar-refractivity contribution in [3.05, 3.63) is 28.0 Å². The van der Waals surface area contributed by atoms with Crippen molar-refractivity contribution < 1.29 is 9.13 Å². The van der Waals surface area contributed by atoms with Crippen LogP contribution in [0, 0.1) is 11.2 Å². The van der Waals surface area contributed by atoms with Crippen molar-refractivity contribution in [2.24, 2.45) is 0 Å². The number of nitrogens with one attached hydrogen (secondary N) is 1. The summed E-state index contributed by atoms with van der Waals surface area (Å²) >= 11 is 3.18. The number of rotatable bonds is 0. The average Bonchev–Trinajstić information content (AvgIpc) is 2.65. The fourth-order valence-corrected chi connectivity index (χ4v) is 2.34. The zero-order valence-corrected chi connectivity index (χ0v) is 12.3. The Morgan fingerprint density at radius 1 is 1.44 bits per heavy atom. The molecule has 0 saturated heterocycles. The molecule has 5 heteroatoms. The van der Waals surface area contributed by atoms with Gasteiger partial charge in [-0.05, 0) is 55.3 Å². The maximum absolute atomic E-state index is 13.9. The molecule has 0 amide bonds. The van der Waals surface area contributed by atoms with Gasteiger partial charge in [0.15, 0.2) is 0 Å². The number of ether oxygens (including phenoxy) is 1. The predicted octanol–water partition coefficient (Wildman–Crippen LogP) is 3.70. The Kier molecular flexibility index (Phi) is 3.36. The van der Waals surface area contributed by atoms with Crippen LogP contribution in [0.1, 0.15) is 26.3 Å². The third-order valence-corrected chi connectivity index (χ3v) is 3.31. The number of amidine groups is 1. The van der Waals surface area contributed by atoms with Gasteiger partial charge < -0.3 is 4.74 Å². The van der Waals surface area contributed by atoms with Crippen LogP contribution in [0.5, 0.6) is 0 Å². The number of nitrogens with zero attached hydrogens (tertiary/aromatic N) is 1. The smallest absolute Gasteiger partial charge is 0.289 e. The van der Waals surface area contributed by atoms with Crippen LogP contribution >= 0.6 is 15.9 Å². The van der Waals surface area contributed by atoms with E-state index in [1.807, 2.05) is 26.8 Å². The highest BCUT2D eigenvalue weighted by Gasteiger charge is 2.28. The van der Waals surface area contributed by atoms with E-state index >= 15 is 0 Å². The van der Waals surface area contributed by atoms with Gasteiger partial charge >= 0.3 is 0 Å². The lowest BCUT2D eigenvalue weighted by molar-refractivity contribution is 0.111. The molecule has 1 aliphatic rings. The molecule has 0 saturated carbocycles. The Morgan fingerprint density at radius 3 is 2.72 bits per heavy atom. The predicted molar refractivity (Wildman–Crippen MR) is 73.7 cm³/mol. The molecule has 1 N–H and O–H groups in total. The zero-order chi connectivity index (χ0) is 13.5. The van der Waals surface area contributed by atoms with Gasteiger partial charge in [-0.3, -0.25) is 10.3 Å². The van der Waals surface area contributed by atoms with E-state index in [9.17, 15) is 4.39 Å². The number of halogens is 2. The van der Waals surface area contributed by atoms with E-state index in [1.165, 1.54) is 0 Å². The second-order valence-corrected chi connectivity index (χ2v) is 6.13. The van der Waals surface area contributed by atoms with Gasteiger partial charge in [-0.1, -0.05) is 0 Å². The van der Waals surface area contributed by atoms with Crippen molar-refractivity contribution in [1.29, 1.82) is 5.41 Å². The van der Waals surface area contributed by atoms with Crippen molar-refractivity contribution in [1.82, 2.24) is 0 Å². The van der Waals surface area contributed by atoms with Gasteiger partial charge in [0.25, 0.3) is 6.02 Å². The molecular formula is C13H16BrFN2O. The molecule has 0 radical (unpaired) electrons. The minimum absolute atomic E-state index is 0.0722. The molecule has 3 nitrogen and oxygen atoms in total. The molecule has 98 valence electrons. The lowest BCUT2D eigenvalue weighted by Crippen LogP contribution is -2.36. The highest BCUT2D eigenvalue weighted by Crippen LogP contribution is 2.34. The van der Waals surface area contributed by atoms with E-state index in [0.29, 0.717) is 23.0 Å². The van der Waals surface area contributed by atoms with Gasteiger partial charge in [-0.15, -0.1) is 0 Å². The molecule has 0 aliphatic carbocycles. The van der Waals surface area contributed by atoms with E-state index < -0.39 is 5.60 Å². The molecule has 0 bridgehead atoms. The summed E-state index contributed by atoms with van der Waals surface area (Å²) in [5.41, 5.74) is 0.949. The molecule has 1 aromatic carbocycles. The van der Waals surface area contributed by atoms with Gasteiger partial charge in [0.1, 0.15) is 11.4 Å². The van der Waals surface area contributed by atoms with E-state index in [4.69, 9.17) is 10.1 Å². The minimum atomic E-state index is -0.423. The normalized spacial score (nSPS) is 14.6. The van der Waals surface area contributed by atoms with Crippen molar-refractivity contribution in [3.63, 3.8) is 0 Å². The molecule has 18 heavy (non-hydrogen) atoms. The summed E-state index contributed by atoms with van der Waals surface area (Å²) in [4.78, 5) is 1.70. The Balaban J connectivity index is 2.27. The Morgan fingerprint density at radius 2 is 2.11 bits per heavy atom. The van der Waals surface area contributed by atoms with E-state index in [1.54, 1.807) is 11.0 Å². The molecule has 0 atom stereocenters. The molecule has 0 spiro atoms. The number of benzene rings is 1. The fourth-order valence-electron chi connectivity index (χ4n) is 1.97. The quantitative estimate of drug-likeness (QED) is 0.585. The number of anilines is 1. The van der Waals surface area contributed by atoms with Crippen LogP contribution in [-0.2, 0) is 11.2 Å². The van der Waals surface area contributed by atoms with Gasteiger partial charge in [-0.2, -0.15) is 0 Å². The Hall–Kier alpha value is -1.10. The summed E-state index contributed by atoms with van der Waals surface area (Å²) in [6.45, 7) is 6.25. The van der Waals surface area contributed by atoms with E-state index in [-0.39, 0.29) is 11.8 Å². The largest absolute Gasteiger partial charge is 0.459 e. The van der Waals surface area contributed by atoms with Crippen LogP contribution in [0.2, 0.25) is 0 Å². The molecule has 2 rings (SSSR count). The Labute approximate surface area is 115 Å². The number of fused-ring (bicyclic) bond motifs is 1. The Bertz CT molecular complexity index is 496. The third-order valence-electron chi connectivity index (χ3n) is 2.70. The molecule has 0 aromatic heterocycles. The third kappa shape index (κ3) is 2.51. The minimum Gasteiger partial charge on any atom is -0.459 e. The zero-order valence-electron chi connectivity index (χ0n) is 10.7. The average molecular weight is 315 g/mol. The lowest BCUT2D eigenvalue weighted by Gasteiger charge is -2.27. The maximum Gasteiger partial charge on any atom is 0.289 e. The fraction of sp³-hybridized carbons (Fsp3) is 0.462.